The maximum Gasteiger partial charge on any atom is 0.335 e. The van der Waals surface area contributed by atoms with Crippen LogP contribution in [0.1, 0.15) is 26.3 Å². The Balaban J connectivity index is 1.96. The van der Waals surface area contributed by atoms with E-state index in [0.717, 1.165) is 12.0 Å². The number of aromatic carboxylic acids is 1. The minimum atomic E-state index is -0.996. The summed E-state index contributed by atoms with van der Waals surface area (Å²) in [7, 11) is 0. The average molecular weight is 282 g/mol. The maximum absolute atomic E-state index is 12.5. The molecule has 0 saturated carbocycles. The van der Waals surface area contributed by atoms with Gasteiger partial charge in [-0.3, -0.25) is 4.79 Å². The van der Waals surface area contributed by atoms with Crippen LogP contribution < -0.4 is 10.6 Å². The number of nitrogen functional groups attached to an aromatic ring is 1. The Hall–Kier alpha value is -2.82. The van der Waals surface area contributed by atoms with Crippen molar-refractivity contribution < 1.29 is 14.7 Å². The molecule has 1 aliphatic heterocycles. The van der Waals surface area contributed by atoms with Crippen molar-refractivity contribution in [1.82, 2.24) is 0 Å². The highest BCUT2D eigenvalue weighted by Crippen LogP contribution is 2.30. The van der Waals surface area contributed by atoms with Crippen molar-refractivity contribution in [3.63, 3.8) is 0 Å². The number of benzene rings is 2. The second-order valence-corrected chi connectivity index (χ2v) is 4.98. The molecule has 0 spiro atoms. The first-order valence-electron chi connectivity index (χ1n) is 6.60. The topological polar surface area (TPSA) is 83.6 Å². The van der Waals surface area contributed by atoms with E-state index in [9.17, 15) is 9.59 Å². The molecule has 0 fully saturated rings. The molecule has 21 heavy (non-hydrogen) atoms. The minimum Gasteiger partial charge on any atom is -0.478 e. The van der Waals surface area contributed by atoms with E-state index in [4.69, 9.17) is 10.8 Å². The number of carbonyl (C=O) groups excluding carboxylic acids is 1. The molecule has 2 aromatic rings. The summed E-state index contributed by atoms with van der Waals surface area (Å²) < 4.78 is 0. The molecule has 0 unspecified atom stereocenters. The molecule has 106 valence electrons. The number of nitrogens with two attached hydrogens (primary N) is 1. The van der Waals surface area contributed by atoms with Gasteiger partial charge in [0.25, 0.3) is 5.91 Å². The zero-order valence-electron chi connectivity index (χ0n) is 11.2. The maximum atomic E-state index is 12.5. The van der Waals surface area contributed by atoms with Gasteiger partial charge in [-0.25, -0.2) is 4.79 Å². The van der Waals surface area contributed by atoms with Crippen LogP contribution in [0.4, 0.5) is 11.4 Å². The predicted octanol–water partition coefficient (Wildman–Crippen LogP) is 2.17. The van der Waals surface area contributed by atoms with E-state index in [-0.39, 0.29) is 11.5 Å². The van der Waals surface area contributed by atoms with Crippen LogP contribution in [0.25, 0.3) is 0 Å². The Labute approximate surface area is 121 Å². The number of rotatable bonds is 2. The Morgan fingerprint density at radius 2 is 1.71 bits per heavy atom. The number of fused-ring (bicyclic) bond motifs is 1. The molecule has 0 bridgehead atoms. The second-order valence-electron chi connectivity index (χ2n) is 4.98. The molecule has 1 heterocycles. The molecule has 0 aliphatic carbocycles. The minimum absolute atomic E-state index is 0.142. The summed E-state index contributed by atoms with van der Waals surface area (Å²) in [6, 6.07) is 11.6. The van der Waals surface area contributed by atoms with E-state index < -0.39 is 5.97 Å². The molecule has 0 saturated heterocycles. The first-order chi connectivity index (χ1) is 10.1. The summed E-state index contributed by atoms with van der Waals surface area (Å²) in [6.07, 6.45) is 0.732. The van der Waals surface area contributed by atoms with Crippen LogP contribution in [0.5, 0.6) is 0 Å². The molecule has 0 atom stereocenters. The zero-order valence-corrected chi connectivity index (χ0v) is 11.2. The highest BCUT2D eigenvalue weighted by atomic mass is 16.4. The van der Waals surface area contributed by atoms with E-state index >= 15 is 0 Å². The van der Waals surface area contributed by atoms with Crippen LogP contribution in [-0.2, 0) is 6.42 Å². The number of carbonyl (C=O) groups is 2. The van der Waals surface area contributed by atoms with Gasteiger partial charge < -0.3 is 15.7 Å². The molecule has 1 aliphatic rings. The molecule has 1 amide bonds. The van der Waals surface area contributed by atoms with E-state index in [1.165, 1.54) is 0 Å². The molecule has 5 nitrogen and oxygen atoms in total. The summed E-state index contributed by atoms with van der Waals surface area (Å²) in [4.78, 5) is 25.2. The fourth-order valence-electron chi connectivity index (χ4n) is 2.50. The van der Waals surface area contributed by atoms with Crippen LogP contribution in [0.2, 0.25) is 0 Å². The van der Waals surface area contributed by atoms with Gasteiger partial charge in [0.2, 0.25) is 0 Å². The monoisotopic (exact) mass is 282 g/mol. The lowest BCUT2D eigenvalue weighted by atomic mass is 10.1. The van der Waals surface area contributed by atoms with Crippen molar-refractivity contribution in [3.8, 4) is 0 Å². The van der Waals surface area contributed by atoms with Crippen LogP contribution in [0, 0.1) is 0 Å². The van der Waals surface area contributed by atoms with Gasteiger partial charge in [-0.05, 0) is 48.4 Å². The van der Waals surface area contributed by atoms with Crippen molar-refractivity contribution in [1.29, 1.82) is 0 Å². The lowest BCUT2D eigenvalue weighted by Gasteiger charge is -2.17. The lowest BCUT2D eigenvalue weighted by Crippen LogP contribution is -2.29. The quantitative estimate of drug-likeness (QED) is 0.827. The first kappa shape index (κ1) is 13.2. The van der Waals surface area contributed by atoms with Crippen molar-refractivity contribution in [2.45, 2.75) is 6.42 Å². The number of nitrogens with zero attached hydrogens (tertiary/aromatic N) is 1. The largest absolute Gasteiger partial charge is 0.478 e. The SMILES string of the molecule is Nc1ccc(C(=O)N2CCc3ccc(C(=O)O)cc32)cc1. The zero-order chi connectivity index (χ0) is 15.0. The molecule has 3 rings (SSSR count). The Morgan fingerprint density at radius 3 is 2.38 bits per heavy atom. The lowest BCUT2D eigenvalue weighted by molar-refractivity contribution is 0.0696. The van der Waals surface area contributed by atoms with Crippen molar-refractivity contribution in [3.05, 3.63) is 59.2 Å². The summed E-state index contributed by atoms with van der Waals surface area (Å²) in [6.45, 7) is 0.557. The van der Waals surface area contributed by atoms with Gasteiger partial charge >= 0.3 is 5.97 Å². The smallest absolute Gasteiger partial charge is 0.335 e. The second kappa shape index (κ2) is 4.94. The number of carboxylic acids is 1. The summed E-state index contributed by atoms with van der Waals surface area (Å²) in [5.41, 5.74) is 8.61. The van der Waals surface area contributed by atoms with Gasteiger partial charge in [0.15, 0.2) is 0 Å². The van der Waals surface area contributed by atoms with Gasteiger partial charge in [-0.1, -0.05) is 6.07 Å². The van der Waals surface area contributed by atoms with Crippen LogP contribution >= 0.6 is 0 Å². The molecule has 2 aromatic carbocycles. The molecule has 0 radical (unpaired) electrons. The summed E-state index contributed by atoms with van der Waals surface area (Å²) in [5, 5.41) is 9.07. The van der Waals surface area contributed by atoms with E-state index in [2.05, 4.69) is 0 Å². The Bertz CT molecular complexity index is 723. The third-order valence-electron chi connectivity index (χ3n) is 3.63. The molecule has 0 aromatic heterocycles. The Kier molecular flexibility index (Phi) is 3.10. The third-order valence-corrected chi connectivity index (χ3v) is 3.63. The van der Waals surface area contributed by atoms with E-state index in [1.54, 1.807) is 47.4 Å². The fourth-order valence-corrected chi connectivity index (χ4v) is 2.50. The standard InChI is InChI=1S/C16H14N2O3/c17-13-5-3-11(4-6-13)15(19)18-8-7-10-1-2-12(16(20)21)9-14(10)18/h1-6,9H,7-8,17H2,(H,20,21). The van der Waals surface area contributed by atoms with Crippen LogP contribution in [-0.4, -0.2) is 23.5 Å². The molecular formula is C16H14N2O3. The van der Waals surface area contributed by atoms with Crippen molar-refractivity contribution >= 4 is 23.3 Å². The number of anilines is 2. The molecule has 5 heteroatoms. The predicted molar refractivity (Wildman–Crippen MR) is 79.6 cm³/mol. The normalized spacial score (nSPS) is 13.0. The van der Waals surface area contributed by atoms with Gasteiger partial charge in [0.1, 0.15) is 0 Å². The summed E-state index contributed by atoms with van der Waals surface area (Å²) >= 11 is 0. The van der Waals surface area contributed by atoms with E-state index in [1.807, 2.05) is 0 Å². The number of hydrogen-bond donors (Lipinski definition) is 2. The van der Waals surface area contributed by atoms with Gasteiger partial charge in [0, 0.05) is 23.5 Å². The van der Waals surface area contributed by atoms with E-state index in [0.29, 0.717) is 23.5 Å². The fraction of sp³-hybridized carbons (Fsp3) is 0.125. The molecular weight excluding hydrogens is 268 g/mol. The van der Waals surface area contributed by atoms with Crippen molar-refractivity contribution in [2.75, 3.05) is 17.2 Å². The highest BCUT2D eigenvalue weighted by Gasteiger charge is 2.26. The van der Waals surface area contributed by atoms with Crippen LogP contribution in [0.3, 0.4) is 0 Å². The third kappa shape index (κ3) is 2.33. The first-order valence-corrected chi connectivity index (χ1v) is 6.60. The van der Waals surface area contributed by atoms with Crippen LogP contribution in [0.15, 0.2) is 42.5 Å². The molecule has 3 N–H and O–H groups in total. The Morgan fingerprint density at radius 1 is 1.05 bits per heavy atom. The number of amides is 1. The number of carboxylic acid groups (broad SMARTS) is 1. The van der Waals surface area contributed by atoms with Crippen molar-refractivity contribution in [2.24, 2.45) is 0 Å². The van der Waals surface area contributed by atoms with Gasteiger partial charge in [-0.15, -0.1) is 0 Å². The highest BCUT2D eigenvalue weighted by molar-refractivity contribution is 6.08. The summed E-state index contributed by atoms with van der Waals surface area (Å²) in [5.74, 6) is -1.14. The van der Waals surface area contributed by atoms with Gasteiger partial charge in [-0.2, -0.15) is 0 Å². The average Bonchev–Trinajstić information content (AvgIpc) is 2.90. The number of hydrogen-bond acceptors (Lipinski definition) is 3. The van der Waals surface area contributed by atoms with Gasteiger partial charge in [0.05, 0.1) is 5.56 Å².